The first-order valence-corrected chi connectivity index (χ1v) is 0.921. The maximum absolute atomic E-state index is 7.51. The fourth-order valence-electron chi connectivity index (χ4n) is 0. The molecule has 0 aliphatic heterocycles. The summed E-state index contributed by atoms with van der Waals surface area (Å²) in [5, 5.41) is 7.51. The van der Waals surface area contributed by atoms with Crippen LogP contribution in [0.3, 0.4) is 0 Å². The standard InChI is InChI=1S/C3H3N/c1-2-3-4/h2H,1H2/i1+1,2+1,3+1,4+1. The smallest absolute Gasteiger partial charge is 0.0905 e. The summed E-state index contributed by atoms with van der Waals surface area (Å²) >= 11 is 0. The van der Waals surface area contributed by atoms with Gasteiger partial charge in [-0.15, -0.1) is 0 Å². The van der Waals surface area contributed by atoms with Gasteiger partial charge in [0.25, 0.3) is 0 Å². The molecule has 0 saturated carbocycles. The maximum atomic E-state index is 7.51. The molecule has 0 bridgehead atoms. The van der Waals surface area contributed by atoms with Gasteiger partial charge in [0.05, 0.1) is 6.07 Å². The Morgan fingerprint density at radius 1 is 2.00 bits per heavy atom. The molecule has 0 unspecified atom stereocenters. The zero-order chi connectivity index (χ0) is 3.41. The van der Waals surface area contributed by atoms with Crippen LogP contribution < -0.4 is 0 Å². The molecule has 0 aromatic carbocycles. The van der Waals surface area contributed by atoms with Crippen molar-refractivity contribution in [1.82, 2.24) is 0 Å². The Morgan fingerprint density at radius 2 is 2.25 bits per heavy atom. The lowest BCUT2D eigenvalue weighted by molar-refractivity contribution is 1.54. The van der Waals surface area contributed by atoms with Crippen LogP contribution in [0.1, 0.15) is 0 Å². The second-order valence-electron chi connectivity index (χ2n) is 0.333. The second kappa shape index (κ2) is 2.23. The molecule has 0 spiro atoms. The van der Waals surface area contributed by atoms with Crippen molar-refractivity contribution in [3.05, 3.63) is 12.7 Å². The summed E-state index contributed by atoms with van der Waals surface area (Å²) in [4.78, 5) is 0. The fraction of sp³-hybridized carbons (Fsp3) is 0. The Bertz CT molecular complexity index is 48.8. The van der Waals surface area contributed by atoms with E-state index in [0.717, 1.165) is 0 Å². The van der Waals surface area contributed by atoms with Crippen LogP contribution in [-0.4, -0.2) is 0 Å². The fourth-order valence-corrected chi connectivity index (χ4v) is 0. The van der Waals surface area contributed by atoms with Gasteiger partial charge in [-0.2, -0.15) is 5.26 Å². The molecular formula is C3H3N. The Morgan fingerprint density at radius 3 is 2.25 bits per heavy atom. The van der Waals surface area contributed by atoms with E-state index in [9.17, 15) is 0 Å². The third kappa shape index (κ3) is 1.23. The average Bonchev–Trinajstić information content (AvgIpc) is 1.37. The van der Waals surface area contributed by atoms with Gasteiger partial charge in [0.15, 0.2) is 0 Å². The lowest BCUT2D eigenvalue weighted by Crippen LogP contribution is -1.23. The van der Waals surface area contributed by atoms with E-state index < -0.39 is 0 Å². The third-order valence-electron chi connectivity index (χ3n) is 0.0913. The molecule has 0 rings (SSSR count). The Kier molecular flexibility index (Phi) is 1.80. The highest BCUT2D eigenvalue weighted by Crippen LogP contribution is 1.41. The zero-order valence-electron chi connectivity index (χ0n) is 2.23. The third-order valence-corrected chi connectivity index (χ3v) is 0.0913. The predicted molar refractivity (Wildman–Crippen MR) is 15.8 cm³/mol. The number of rotatable bonds is 0. The van der Waals surface area contributed by atoms with E-state index in [2.05, 4.69) is 6.58 Å². The van der Waals surface area contributed by atoms with Gasteiger partial charge in [-0.05, 0) is 0 Å². The lowest BCUT2D eigenvalue weighted by atomic mass is 11.7. The molecule has 0 heterocycles. The predicted octanol–water partition coefficient (Wildman–Crippen LogP) is 0.696. The van der Waals surface area contributed by atoms with Gasteiger partial charge in [-0.25, -0.2) is 0 Å². The summed E-state index contributed by atoms with van der Waals surface area (Å²) in [6.07, 6.45) is 1.18. The van der Waals surface area contributed by atoms with Crippen LogP contribution in [-0.2, 0) is 0 Å². The summed E-state index contributed by atoms with van der Waals surface area (Å²) in [7, 11) is 0. The van der Waals surface area contributed by atoms with Crippen LogP contribution in [0.5, 0.6) is 0 Å². The van der Waals surface area contributed by atoms with Gasteiger partial charge in [0.2, 0.25) is 0 Å². The molecule has 4 heavy (non-hydrogen) atoms. The molecule has 0 amide bonds. The summed E-state index contributed by atoms with van der Waals surface area (Å²) in [5.74, 6) is 0. The van der Waals surface area contributed by atoms with E-state index >= 15 is 0 Å². The highest BCUT2D eigenvalue weighted by Gasteiger charge is 1.34. The first-order valence-electron chi connectivity index (χ1n) is 0.921. The van der Waals surface area contributed by atoms with E-state index in [1.165, 1.54) is 6.08 Å². The van der Waals surface area contributed by atoms with Gasteiger partial charge in [0, 0.05) is 6.08 Å². The van der Waals surface area contributed by atoms with Crippen molar-refractivity contribution in [2.24, 2.45) is 0 Å². The van der Waals surface area contributed by atoms with E-state index in [1.807, 2.05) is 0 Å². The van der Waals surface area contributed by atoms with Crippen molar-refractivity contribution in [2.45, 2.75) is 0 Å². The van der Waals surface area contributed by atoms with Gasteiger partial charge < -0.3 is 0 Å². The second-order valence-corrected chi connectivity index (χ2v) is 0.333. The molecule has 0 fully saturated rings. The zero-order valence-corrected chi connectivity index (χ0v) is 2.23. The van der Waals surface area contributed by atoms with Crippen LogP contribution in [0.4, 0.5) is 0 Å². The number of nitriles is 1. The summed E-state index contributed by atoms with van der Waals surface area (Å²) in [6, 6.07) is 1.69. The molecule has 1 heteroatoms. The molecule has 1 nitrogen and oxygen atoms in total. The molecule has 0 atom stereocenters. The van der Waals surface area contributed by atoms with Crippen molar-refractivity contribution < 1.29 is 0 Å². The summed E-state index contributed by atoms with van der Waals surface area (Å²) < 4.78 is 0. The van der Waals surface area contributed by atoms with Gasteiger partial charge in [-0.1, -0.05) is 6.58 Å². The average molecular weight is 57.0 g/mol. The first kappa shape index (κ1) is 3.23. The minimum Gasteiger partial charge on any atom is -0.193 e. The van der Waals surface area contributed by atoms with Crippen LogP contribution in [0.2, 0.25) is 0 Å². The molecule has 0 aliphatic carbocycles. The first-order chi connectivity index (χ1) is 1.91. The Hall–Kier alpha value is -0.770. The largest absolute Gasteiger partial charge is 0.193 e. The molecule has 0 N–H and O–H groups in total. The molecular weight excluding hydrogens is 54.0 g/mol. The summed E-state index contributed by atoms with van der Waals surface area (Å²) in [5.41, 5.74) is 0. The van der Waals surface area contributed by atoms with Crippen molar-refractivity contribution in [2.75, 3.05) is 0 Å². The van der Waals surface area contributed by atoms with Crippen LogP contribution in [0.25, 0.3) is 0 Å². The Labute approximate surface area is 25.2 Å². The van der Waals surface area contributed by atoms with Crippen LogP contribution in [0.15, 0.2) is 12.7 Å². The van der Waals surface area contributed by atoms with Crippen molar-refractivity contribution in [3.8, 4) is 6.07 Å². The topological polar surface area (TPSA) is 23.8 Å². The summed E-state index contributed by atoms with van der Waals surface area (Å²) in [6.45, 7) is 3.12. The number of allylic oxidation sites excluding steroid dienone is 1. The number of hydrogen-bond acceptors (Lipinski definition) is 1. The maximum Gasteiger partial charge on any atom is 0.0905 e. The molecule has 0 aliphatic rings. The highest BCUT2D eigenvalue weighted by molar-refractivity contribution is 4.93. The quantitative estimate of drug-likeness (QED) is 0.228. The molecule has 0 aromatic rings. The van der Waals surface area contributed by atoms with Gasteiger partial charge in [-0.3, -0.25) is 0 Å². The lowest BCUT2D eigenvalue weighted by Gasteiger charge is -1.31. The van der Waals surface area contributed by atoms with Gasteiger partial charge in [0.1, 0.15) is 0 Å². The number of nitrogens with zero attached hydrogens (tertiary/aromatic N) is 1. The van der Waals surface area contributed by atoms with Gasteiger partial charge >= 0.3 is 0 Å². The molecule has 0 aromatic heterocycles. The minimum atomic E-state index is 1.18. The van der Waals surface area contributed by atoms with E-state index in [-0.39, 0.29) is 0 Å². The van der Waals surface area contributed by atoms with Crippen molar-refractivity contribution >= 4 is 0 Å². The monoisotopic (exact) mass is 57.0 g/mol. The van der Waals surface area contributed by atoms with Crippen LogP contribution in [0, 0.1) is 11.3 Å². The Balaban J connectivity index is 2.92. The highest BCUT2D eigenvalue weighted by atomic mass is 15.2. The molecule has 0 saturated heterocycles. The van der Waals surface area contributed by atoms with E-state index in [0.29, 0.717) is 0 Å². The van der Waals surface area contributed by atoms with E-state index in [1.54, 1.807) is 6.07 Å². The van der Waals surface area contributed by atoms with Crippen molar-refractivity contribution in [3.63, 3.8) is 0 Å². The molecule has 0 radical (unpaired) electrons. The van der Waals surface area contributed by atoms with Crippen LogP contribution >= 0.6 is 0 Å². The normalized spacial score (nSPS) is 3.75. The molecule has 20 valence electrons. The number of hydrogen-bond donors (Lipinski definition) is 0. The van der Waals surface area contributed by atoms with Crippen molar-refractivity contribution in [1.29, 1.82) is 5.26 Å². The minimum absolute atomic E-state index is 1.18. The SMILES string of the molecule is [13CH2]=[13CH][13C]#[15N]. The van der Waals surface area contributed by atoms with E-state index in [4.69, 9.17) is 5.26 Å².